The number of anilines is 1. The number of aryl methyl sites for hydroxylation is 2. The number of amides is 1. The summed E-state index contributed by atoms with van der Waals surface area (Å²) in [5.74, 6) is 0.0745. The standard InChI is InChI=1S/C25H28N2O4S/c1-5-13-26-25-27(20-9-7-6-8-17(20)2)24(29)22(32-25)16-19-10-11-21(18(3)15-19)31-23(28)12-14-30-4/h6-11,15-16H,5,12-14H2,1-4H3/b22-16-,26-25?. The van der Waals surface area contributed by atoms with E-state index in [0.29, 0.717) is 29.0 Å². The summed E-state index contributed by atoms with van der Waals surface area (Å²) in [4.78, 5) is 32.1. The van der Waals surface area contributed by atoms with Gasteiger partial charge < -0.3 is 9.47 Å². The van der Waals surface area contributed by atoms with E-state index in [1.807, 2.05) is 56.3 Å². The minimum Gasteiger partial charge on any atom is -0.426 e. The minimum atomic E-state index is -0.340. The Morgan fingerprint density at radius 2 is 1.94 bits per heavy atom. The van der Waals surface area contributed by atoms with Crippen LogP contribution in [0.4, 0.5) is 5.69 Å². The van der Waals surface area contributed by atoms with Crippen LogP contribution < -0.4 is 9.64 Å². The zero-order chi connectivity index (χ0) is 23.1. The smallest absolute Gasteiger partial charge is 0.313 e. The van der Waals surface area contributed by atoms with E-state index in [2.05, 4.69) is 11.9 Å². The first-order valence-corrected chi connectivity index (χ1v) is 11.4. The molecule has 3 rings (SSSR count). The van der Waals surface area contributed by atoms with Crippen LogP contribution in [0.5, 0.6) is 5.75 Å². The zero-order valence-electron chi connectivity index (χ0n) is 18.9. The molecular formula is C25H28N2O4S. The number of methoxy groups -OCH3 is 1. The Hall–Kier alpha value is -2.90. The third kappa shape index (κ3) is 5.66. The molecule has 0 aromatic heterocycles. The number of ether oxygens (including phenoxy) is 2. The molecular weight excluding hydrogens is 424 g/mol. The van der Waals surface area contributed by atoms with Gasteiger partial charge in [0.15, 0.2) is 5.17 Å². The van der Waals surface area contributed by atoms with Crippen LogP contribution in [0, 0.1) is 13.8 Å². The molecule has 0 radical (unpaired) electrons. The highest BCUT2D eigenvalue weighted by atomic mass is 32.2. The van der Waals surface area contributed by atoms with Crippen LogP contribution in [0.25, 0.3) is 6.08 Å². The first kappa shape index (κ1) is 23.8. The SMILES string of the molecule is CCCN=C1S/C(=C\c2ccc(OC(=O)CCOC)c(C)c2)C(=O)N1c1ccccc1C. The van der Waals surface area contributed by atoms with Gasteiger partial charge in [-0.15, -0.1) is 0 Å². The molecule has 1 aliphatic heterocycles. The third-order valence-electron chi connectivity index (χ3n) is 4.86. The lowest BCUT2D eigenvalue weighted by Crippen LogP contribution is -2.29. The Morgan fingerprint density at radius 1 is 1.16 bits per heavy atom. The van der Waals surface area contributed by atoms with E-state index in [9.17, 15) is 9.59 Å². The largest absolute Gasteiger partial charge is 0.426 e. The molecule has 0 aliphatic carbocycles. The van der Waals surface area contributed by atoms with Gasteiger partial charge in [0.25, 0.3) is 5.91 Å². The summed E-state index contributed by atoms with van der Waals surface area (Å²) < 4.78 is 10.3. The molecule has 0 unspecified atom stereocenters. The summed E-state index contributed by atoms with van der Waals surface area (Å²) in [6.45, 7) is 6.90. The number of para-hydroxylation sites is 1. The Bertz CT molecular complexity index is 1060. The number of carbonyl (C=O) groups is 2. The molecule has 6 nitrogen and oxygen atoms in total. The number of benzene rings is 2. The predicted molar refractivity (Wildman–Crippen MR) is 130 cm³/mol. The van der Waals surface area contributed by atoms with Crippen molar-refractivity contribution in [2.24, 2.45) is 4.99 Å². The van der Waals surface area contributed by atoms with Gasteiger partial charge in [-0.3, -0.25) is 19.5 Å². The van der Waals surface area contributed by atoms with Crippen LogP contribution in [0.2, 0.25) is 0 Å². The predicted octanol–water partition coefficient (Wildman–Crippen LogP) is 5.13. The molecule has 0 N–H and O–H groups in total. The number of esters is 1. The van der Waals surface area contributed by atoms with Crippen LogP contribution in [-0.2, 0) is 14.3 Å². The van der Waals surface area contributed by atoms with E-state index in [0.717, 1.165) is 28.8 Å². The van der Waals surface area contributed by atoms with Crippen LogP contribution >= 0.6 is 11.8 Å². The van der Waals surface area contributed by atoms with Gasteiger partial charge in [-0.1, -0.05) is 31.2 Å². The highest BCUT2D eigenvalue weighted by Crippen LogP contribution is 2.37. The van der Waals surface area contributed by atoms with E-state index < -0.39 is 0 Å². The van der Waals surface area contributed by atoms with Gasteiger partial charge in [-0.05, 0) is 73.0 Å². The van der Waals surface area contributed by atoms with Crippen molar-refractivity contribution in [2.75, 3.05) is 25.2 Å². The molecule has 1 saturated heterocycles. The Kier molecular flexibility index (Phi) is 8.25. The van der Waals surface area contributed by atoms with Gasteiger partial charge in [0.2, 0.25) is 0 Å². The van der Waals surface area contributed by atoms with E-state index in [4.69, 9.17) is 9.47 Å². The second-order valence-corrected chi connectivity index (χ2v) is 8.45. The zero-order valence-corrected chi connectivity index (χ0v) is 19.7. The number of amidine groups is 1. The molecule has 1 aliphatic rings. The maximum atomic E-state index is 13.3. The molecule has 7 heteroatoms. The second-order valence-electron chi connectivity index (χ2n) is 7.44. The molecule has 2 aromatic rings. The quantitative estimate of drug-likeness (QED) is 0.315. The molecule has 1 heterocycles. The van der Waals surface area contributed by atoms with Gasteiger partial charge >= 0.3 is 5.97 Å². The first-order chi connectivity index (χ1) is 15.4. The minimum absolute atomic E-state index is 0.0909. The summed E-state index contributed by atoms with van der Waals surface area (Å²) in [6.07, 6.45) is 2.96. The average molecular weight is 453 g/mol. The molecule has 168 valence electrons. The van der Waals surface area contributed by atoms with Crippen molar-refractivity contribution in [3.8, 4) is 5.75 Å². The highest BCUT2D eigenvalue weighted by molar-refractivity contribution is 8.19. The van der Waals surface area contributed by atoms with Gasteiger partial charge in [-0.2, -0.15) is 0 Å². The normalized spacial score (nSPS) is 16.2. The molecule has 0 saturated carbocycles. The fraction of sp³-hybridized carbons (Fsp3) is 0.320. The maximum absolute atomic E-state index is 13.3. The number of hydrogen-bond acceptors (Lipinski definition) is 6. The lowest BCUT2D eigenvalue weighted by molar-refractivity contribution is -0.135. The summed E-state index contributed by atoms with van der Waals surface area (Å²) in [7, 11) is 1.54. The number of hydrogen-bond donors (Lipinski definition) is 0. The van der Waals surface area contributed by atoms with Gasteiger partial charge in [0.05, 0.1) is 23.6 Å². The Balaban J connectivity index is 1.86. The van der Waals surface area contributed by atoms with E-state index >= 15 is 0 Å². The summed E-state index contributed by atoms with van der Waals surface area (Å²) in [5, 5.41) is 0.692. The van der Waals surface area contributed by atoms with Crippen LogP contribution in [0.3, 0.4) is 0 Å². The molecule has 2 aromatic carbocycles. The van der Waals surface area contributed by atoms with Gasteiger partial charge in [0, 0.05) is 13.7 Å². The maximum Gasteiger partial charge on any atom is 0.313 e. The molecule has 32 heavy (non-hydrogen) atoms. The monoisotopic (exact) mass is 452 g/mol. The van der Waals surface area contributed by atoms with Crippen molar-refractivity contribution in [1.29, 1.82) is 0 Å². The molecule has 1 fully saturated rings. The van der Waals surface area contributed by atoms with Crippen LogP contribution in [0.1, 0.15) is 36.5 Å². The summed E-state index contributed by atoms with van der Waals surface area (Å²) in [6, 6.07) is 13.3. The molecule has 0 spiro atoms. The third-order valence-corrected chi connectivity index (χ3v) is 5.87. The van der Waals surface area contributed by atoms with E-state index in [1.165, 1.54) is 11.8 Å². The second kappa shape index (κ2) is 11.1. The molecule has 0 atom stereocenters. The van der Waals surface area contributed by atoms with Crippen molar-refractivity contribution in [3.05, 3.63) is 64.1 Å². The van der Waals surface area contributed by atoms with Crippen molar-refractivity contribution in [3.63, 3.8) is 0 Å². The van der Waals surface area contributed by atoms with Crippen molar-refractivity contribution in [2.45, 2.75) is 33.6 Å². The number of thioether (sulfide) groups is 1. The lowest BCUT2D eigenvalue weighted by atomic mass is 10.1. The fourth-order valence-corrected chi connectivity index (χ4v) is 4.20. The lowest BCUT2D eigenvalue weighted by Gasteiger charge is -2.18. The van der Waals surface area contributed by atoms with Crippen molar-refractivity contribution in [1.82, 2.24) is 0 Å². The van der Waals surface area contributed by atoms with E-state index in [-0.39, 0.29) is 18.3 Å². The van der Waals surface area contributed by atoms with E-state index in [1.54, 1.807) is 18.1 Å². The number of rotatable bonds is 8. The first-order valence-electron chi connectivity index (χ1n) is 10.6. The van der Waals surface area contributed by atoms with Crippen LogP contribution in [-0.4, -0.2) is 37.3 Å². The number of aliphatic imine (C=N–C) groups is 1. The Morgan fingerprint density at radius 3 is 2.62 bits per heavy atom. The number of nitrogens with zero attached hydrogens (tertiary/aromatic N) is 2. The fourth-order valence-electron chi connectivity index (χ4n) is 3.20. The highest BCUT2D eigenvalue weighted by Gasteiger charge is 2.35. The van der Waals surface area contributed by atoms with Crippen molar-refractivity contribution >= 4 is 40.6 Å². The van der Waals surface area contributed by atoms with Crippen LogP contribution in [0.15, 0.2) is 52.4 Å². The topological polar surface area (TPSA) is 68.2 Å². The van der Waals surface area contributed by atoms with Crippen molar-refractivity contribution < 1.29 is 19.1 Å². The Labute approximate surface area is 193 Å². The molecule has 1 amide bonds. The van der Waals surface area contributed by atoms with Gasteiger partial charge in [0.1, 0.15) is 5.75 Å². The summed E-state index contributed by atoms with van der Waals surface area (Å²) in [5.41, 5.74) is 3.54. The number of carbonyl (C=O) groups excluding carboxylic acids is 2. The average Bonchev–Trinajstić information content (AvgIpc) is 3.08. The van der Waals surface area contributed by atoms with Gasteiger partial charge in [-0.25, -0.2) is 0 Å². The molecule has 0 bridgehead atoms. The summed E-state index contributed by atoms with van der Waals surface area (Å²) >= 11 is 1.38.